The standard InChI is InChI=1S/C43H32N2O/c1-3-11-30(12-4-2)44-40-18-10-7-15-34(40)35-25-28(19-22-41(35)44)29-20-23-42-36(26-29)37-27-31(21-24-43(37)46-42)45-38-16-8-5-13-32(38)33-14-6-9-17-39(33)45/h3-27,32,38H,1H2,2H3/b12-4-,30-11+. The molecule has 2 aromatic heterocycles. The smallest absolute Gasteiger partial charge is 0.135 e. The summed E-state index contributed by atoms with van der Waals surface area (Å²) in [6.07, 6.45) is 17.1. The molecule has 0 amide bonds. The number of nitrogens with zero attached hydrogens (tertiary/aromatic N) is 2. The summed E-state index contributed by atoms with van der Waals surface area (Å²) >= 11 is 0. The van der Waals surface area contributed by atoms with Gasteiger partial charge in [0, 0.05) is 44.5 Å². The number of anilines is 2. The molecule has 2 atom stereocenters. The molecule has 7 aromatic rings. The van der Waals surface area contributed by atoms with E-state index in [1.54, 1.807) is 0 Å². The van der Waals surface area contributed by atoms with Crippen LogP contribution in [0.25, 0.3) is 60.6 Å². The summed E-state index contributed by atoms with van der Waals surface area (Å²) in [5.74, 6) is 0.354. The second-order valence-corrected chi connectivity index (χ2v) is 12.1. The van der Waals surface area contributed by atoms with Crippen LogP contribution in [0.15, 0.2) is 163 Å². The van der Waals surface area contributed by atoms with Gasteiger partial charge in [0.15, 0.2) is 0 Å². The summed E-state index contributed by atoms with van der Waals surface area (Å²) in [4.78, 5) is 2.48. The number of para-hydroxylation sites is 2. The molecule has 2 unspecified atom stereocenters. The monoisotopic (exact) mass is 592 g/mol. The van der Waals surface area contributed by atoms with Gasteiger partial charge in [-0.05, 0) is 90.4 Å². The van der Waals surface area contributed by atoms with E-state index < -0.39 is 0 Å². The fourth-order valence-electron chi connectivity index (χ4n) is 7.61. The van der Waals surface area contributed by atoms with Gasteiger partial charge in [-0.15, -0.1) is 0 Å². The van der Waals surface area contributed by atoms with Crippen molar-refractivity contribution in [2.45, 2.75) is 18.9 Å². The van der Waals surface area contributed by atoms with Crippen molar-refractivity contribution < 1.29 is 4.42 Å². The third-order valence-electron chi connectivity index (χ3n) is 9.58. The Hall–Kier alpha value is -5.80. The van der Waals surface area contributed by atoms with Gasteiger partial charge in [-0.3, -0.25) is 0 Å². The van der Waals surface area contributed by atoms with Gasteiger partial charge in [0.2, 0.25) is 0 Å². The highest BCUT2D eigenvalue weighted by Gasteiger charge is 2.37. The molecule has 5 aromatic carbocycles. The first-order chi connectivity index (χ1) is 22.7. The second kappa shape index (κ2) is 10.4. The molecule has 0 radical (unpaired) electrons. The molecule has 9 rings (SSSR count). The Balaban J connectivity index is 1.19. The molecule has 3 heterocycles. The minimum absolute atomic E-state index is 0.261. The number of fused-ring (bicyclic) bond motifs is 9. The zero-order valence-electron chi connectivity index (χ0n) is 25.6. The summed E-state index contributed by atoms with van der Waals surface area (Å²) in [5.41, 5.74) is 11.4. The van der Waals surface area contributed by atoms with Crippen molar-refractivity contribution >= 4 is 60.8 Å². The van der Waals surface area contributed by atoms with E-state index in [2.05, 4.69) is 162 Å². The van der Waals surface area contributed by atoms with Gasteiger partial charge in [-0.25, -0.2) is 0 Å². The Morgan fingerprint density at radius 2 is 1.43 bits per heavy atom. The van der Waals surface area contributed by atoms with Crippen molar-refractivity contribution in [2.24, 2.45) is 0 Å². The summed E-state index contributed by atoms with van der Waals surface area (Å²) in [6, 6.07) is 37.7. The molecule has 3 nitrogen and oxygen atoms in total. The van der Waals surface area contributed by atoms with E-state index >= 15 is 0 Å². The van der Waals surface area contributed by atoms with Crippen molar-refractivity contribution in [3.63, 3.8) is 0 Å². The predicted molar refractivity (Wildman–Crippen MR) is 195 cm³/mol. The number of aromatic nitrogens is 1. The van der Waals surface area contributed by atoms with Crippen LogP contribution < -0.4 is 4.90 Å². The van der Waals surface area contributed by atoms with Crippen LogP contribution in [0.1, 0.15) is 18.4 Å². The first-order valence-electron chi connectivity index (χ1n) is 15.9. The molecule has 220 valence electrons. The van der Waals surface area contributed by atoms with Gasteiger partial charge in [0.1, 0.15) is 11.2 Å². The Labute approximate surface area is 268 Å². The van der Waals surface area contributed by atoms with E-state index in [9.17, 15) is 0 Å². The predicted octanol–water partition coefficient (Wildman–Crippen LogP) is 11.7. The molecule has 1 aliphatic carbocycles. The van der Waals surface area contributed by atoms with E-state index in [-0.39, 0.29) is 6.04 Å². The molecule has 0 saturated carbocycles. The maximum atomic E-state index is 6.37. The SMILES string of the molecule is C=C/C=C(\C=C/C)n1c2ccccc2c2cc(-c3ccc4oc5ccc(N6c7ccccc7C7C=CC=CC76)cc5c4c3)ccc21. The average molecular weight is 593 g/mol. The lowest BCUT2D eigenvalue weighted by Gasteiger charge is -2.28. The number of allylic oxidation sites excluding steroid dienone is 7. The van der Waals surface area contributed by atoms with E-state index in [1.165, 1.54) is 49.9 Å². The minimum Gasteiger partial charge on any atom is -0.456 e. The van der Waals surface area contributed by atoms with Gasteiger partial charge in [-0.2, -0.15) is 0 Å². The van der Waals surface area contributed by atoms with Crippen molar-refractivity contribution in [1.29, 1.82) is 0 Å². The maximum absolute atomic E-state index is 6.37. The van der Waals surface area contributed by atoms with Gasteiger partial charge in [0.05, 0.1) is 17.1 Å². The van der Waals surface area contributed by atoms with Crippen LogP contribution in [0, 0.1) is 0 Å². The number of hydrogen-bond donors (Lipinski definition) is 0. The minimum atomic E-state index is 0.261. The third-order valence-corrected chi connectivity index (χ3v) is 9.58. The first kappa shape index (κ1) is 26.6. The van der Waals surface area contributed by atoms with Crippen LogP contribution in [0.2, 0.25) is 0 Å². The Morgan fingerprint density at radius 1 is 0.717 bits per heavy atom. The zero-order valence-corrected chi connectivity index (χ0v) is 25.6. The molecule has 0 bridgehead atoms. The van der Waals surface area contributed by atoms with E-state index in [1.807, 2.05) is 13.0 Å². The molecule has 0 fully saturated rings. The molecule has 0 saturated heterocycles. The van der Waals surface area contributed by atoms with E-state index in [0.717, 1.165) is 27.6 Å². The molecular weight excluding hydrogens is 560 g/mol. The molecule has 0 spiro atoms. The maximum Gasteiger partial charge on any atom is 0.135 e. The van der Waals surface area contributed by atoms with Crippen LogP contribution in [0.4, 0.5) is 11.4 Å². The van der Waals surface area contributed by atoms with Crippen molar-refractivity contribution in [3.05, 3.63) is 164 Å². The number of furan rings is 1. The Morgan fingerprint density at radius 3 is 2.30 bits per heavy atom. The highest BCUT2D eigenvalue weighted by Crippen LogP contribution is 2.48. The van der Waals surface area contributed by atoms with Crippen LogP contribution >= 0.6 is 0 Å². The van der Waals surface area contributed by atoms with Gasteiger partial charge < -0.3 is 13.9 Å². The quantitative estimate of drug-likeness (QED) is 0.185. The van der Waals surface area contributed by atoms with Crippen LogP contribution in [0.5, 0.6) is 0 Å². The van der Waals surface area contributed by atoms with Crippen LogP contribution in [0.3, 0.4) is 0 Å². The summed E-state index contributed by atoms with van der Waals surface area (Å²) < 4.78 is 8.70. The topological polar surface area (TPSA) is 21.3 Å². The van der Waals surface area contributed by atoms with E-state index in [0.29, 0.717) is 5.92 Å². The normalized spacial score (nSPS) is 17.6. The van der Waals surface area contributed by atoms with Crippen molar-refractivity contribution in [2.75, 3.05) is 4.90 Å². The Kier molecular flexibility index (Phi) is 6.01. The first-order valence-corrected chi connectivity index (χ1v) is 15.9. The molecule has 46 heavy (non-hydrogen) atoms. The number of benzene rings is 5. The molecular formula is C43H32N2O. The third kappa shape index (κ3) is 3.92. The van der Waals surface area contributed by atoms with Crippen molar-refractivity contribution in [3.8, 4) is 11.1 Å². The van der Waals surface area contributed by atoms with Gasteiger partial charge in [-0.1, -0.05) is 91.6 Å². The fraction of sp³-hybridized carbons (Fsp3) is 0.0698. The fourth-order valence-corrected chi connectivity index (χ4v) is 7.61. The summed E-state index contributed by atoms with van der Waals surface area (Å²) in [6.45, 7) is 6.01. The second-order valence-electron chi connectivity index (χ2n) is 12.1. The largest absolute Gasteiger partial charge is 0.456 e. The lowest BCUT2D eigenvalue weighted by molar-refractivity contribution is 0.669. The van der Waals surface area contributed by atoms with Crippen LogP contribution in [-0.4, -0.2) is 10.6 Å². The number of hydrogen-bond acceptors (Lipinski definition) is 2. The van der Waals surface area contributed by atoms with Gasteiger partial charge in [0.25, 0.3) is 0 Å². The highest BCUT2D eigenvalue weighted by molar-refractivity contribution is 6.12. The van der Waals surface area contributed by atoms with Crippen LogP contribution in [-0.2, 0) is 0 Å². The molecule has 0 N–H and O–H groups in total. The Bertz CT molecular complexity index is 2480. The zero-order chi connectivity index (χ0) is 30.8. The lowest BCUT2D eigenvalue weighted by Crippen LogP contribution is -2.28. The lowest BCUT2D eigenvalue weighted by atomic mass is 9.91. The molecule has 1 aliphatic heterocycles. The average Bonchev–Trinajstić information content (AvgIpc) is 3.75. The van der Waals surface area contributed by atoms with Gasteiger partial charge >= 0.3 is 0 Å². The number of rotatable bonds is 5. The summed E-state index contributed by atoms with van der Waals surface area (Å²) in [7, 11) is 0. The molecule has 3 heteroatoms. The van der Waals surface area contributed by atoms with Crippen molar-refractivity contribution in [1.82, 2.24) is 4.57 Å². The summed E-state index contributed by atoms with van der Waals surface area (Å²) in [5, 5.41) is 4.72. The molecule has 2 aliphatic rings. The highest BCUT2D eigenvalue weighted by atomic mass is 16.3. The van der Waals surface area contributed by atoms with E-state index in [4.69, 9.17) is 4.42 Å².